The summed E-state index contributed by atoms with van der Waals surface area (Å²) in [6.45, 7) is 2.04. The van der Waals surface area contributed by atoms with Crippen LogP contribution in [0, 0.1) is 6.92 Å². The molecule has 0 fully saturated rings. The number of H-pyrrole nitrogens is 1. The van der Waals surface area contributed by atoms with Gasteiger partial charge in [0.05, 0.1) is 11.3 Å². The molecule has 1 aromatic heterocycles. The second-order valence-corrected chi connectivity index (χ2v) is 9.45. The minimum absolute atomic E-state index is 0.0610. The predicted octanol–water partition coefficient (Wildman–Crippen LogP) is 6.81. The fourth-order valence-corrected chi connectivity index (χ4v) is 5.83. The van der Waals surface area contributed by atoms with E-state index in [1.165, 1.54) is 23.2 Å². The normalized spacial score (nSPS) is 19.2. The van der Waals surface area contributed by atoms with Crippen molar-refractivity contribution in [3.63, 3.8) is 0 Å². The van der Waals surface area contributed by atoms with E-state index in [1.54, 1.807) is 0 Å². The first kappa shape index (κ1) is 18.9. The van der Waals surface area contributed by atoms with Gasteiger partial charge in [-0.15, -0.1) is 0 Å². The molecule has 1 aliphatic carbocycles. The molecule has 3 aromatic rings. The second-order valence-electron chi connectivity index (χ2n) is 7.74. The zero-order valence-corrected chi connectivity index (χ0v) is 19.2. The summed E-state index contributed by atoms with van der Waals surface area (Å²) < 4.78 is 1.87. The number of aromatic nitrogens is 1. The maximum Gasteiger partial charge on any atom is 0.256 e. The van der Waals surface area contributed by atoms with Gasteiger partial charge in [0.15, 0.2) is 0 Å². The Morgan fingerprint density at radius 2 is 1.90 bits per heavy atom. The van der Waals surface area contributed by atoms with E-state index in [-0.39, 0.29) is 5.91 Å². The number of benzene rings is 2. The number of carbonyl (C=O) groups excluding carboxylic acids is 1. The van der Waals surface area contributed by atoms with Crippen molar-refractivity contribution in [2.45, 2.75) is 32.1 Å². The van der Waals surface area contributed by atoms with Gasteiger partial charge in [0.2, 0.25) is 0 Å². The van der Waals surface area contributed by atoms with Gasteiger partial charge >= 0.3 is 0 Å². The van der Waals surface area contributed by atoms with Gasteiger partial charge in [0, 0.05) is 31.8 Å². The molecule has 0 saturated carbocycles. The Labute approximate surface area is 186 Å². The van der Waals surface area contributed by atoms with E-state index in [1.807, 2.05) is 19.1 Å². The third-order valence-corrected chi connectivity index (χ3v) is 7.43. The highest BCUT2D eigenvalue weighted by Crippen LogP contribution is 2.44. The van der Waals surface area contributed by atoms with E-state index in [4.69, 9.17) is 0 Å². The molecule has 0 spiro atoms. The number of nitrogens with one attached hydrogen (secondary N) is 2. The maximum atomic E-state index is 12.8. The number of halogens is 2. The minimum Gasteiger partial charge on any atom is -0.359 e. The van der Waals surface area contributed by atoms with Crippen molar-refractivity contribution in [3.05, 3.63) is 85.1 Å². The van der Waals surface area contributed by atoms with Crippen molar-refractivity contribution >= 4 is 55.1 Å². The number of carbonyl (C=O) groups is 1. The minimum atomic E-state index is -0.0610. The van der Waals surface area contributed by atoms with Crippen LogP contribution in [0.25, 0.3) is 11.6 Å². The van der Waals surface area contributed by atoms with Crippen LogP contribution in [0.1, 0.15) is 52.4 Å². The van der Waals surface area contributed by atoms with Crippen molar-refractivity contribution in [2.24, 2.45) is 0 Å². The van der Waals surface area contributed by atoms with Crippen molar-refractivity contribution < 1.29 is 4.79 Å². The summed E-state index contributed by atoms with van der Waals surface area (Å²) in [5.41, 5.74) is 8.58. The molecule has 5 rings (SSSR count). The van der Waals surface area contributed by atoms with Gasteiger partial charge in [-0.25, -0.2) is 0 Å². The Bertz CT molecular complexity index is 1160. The van der Waals surface area contributed by atoms with Crippen LogP contribution in [0.2, 0.25) is 0 Å². The summed E-state index contributed by atoms with van der Waals surface area (Å²) in [6.07, 6.45) is 5.38. The molecule has 2 aliphatic rings. The molecule has 1 atom stereocenters. The molecular weight excluding hydrogens is 492 g/mol. The first-order valence-electron chi connectivity index (χ1n) is 9.81. The SMILES string of the molecule is Cc1c(Br)cc(Br)c2c1C(=Cc1cc3c([nH]1)CCCC3c1ccccc1)C(=O)N2. The van der Waals surface area contributed by atoms with Crippen molar-refractivity contribution in [1.82, 2.24) is 4.98 Å². The van der Waals surface area contributed by atoms with Crippen molar-refractivity contribution in [3.8, 4) is 0 Å². The first-order chi connectivity index (χ1) is 14.0. The molecule has 2 N–H and O–H groups in total. The molecule has 2 heterocycles. The van der Waals surface area contributed by atoms with Crippen molar-refractivity contribution in [2.75, 3.05) is 5.32 Å². The Hall–Kier alpha value is -2.11. The van der Waals surface area contributed by atoms with Gasteiger partial charge < -0.3 is 10.3 Å². The summed E-state index contributed by atoms with van der Waals surface area (Å²) in [5, 5.41) is 3.01. The number of anilines is 1. The van der Waals surface area contributed by atoms with Crippen LogP contribution < -0.4 is 5.32 Å². The highest BCUT2D eigenvalue weighted by Gasteiger charge is 2.30. The van der Waals surface area contributed by atoms with Crippen LogP contribution in [0.3, 0.4) is 0 Å². The van der Waals surface area contributed by atoms with Gasteiger partial charge in [-0.1, -0.05) is 46.3 Å². The van der Waals surface area contributed by atoms with E-state index in [0.29, 0.717) is 11.5 Å². The highest BCUT2D eigenvalue weighted by molar-refractivity contribution is 9.11. The van der Waals surface area contributed by atoms with Gasteiger partial charge in [0.25, 0.3) is 5.91 Å². The average molecular weight is 512 g/mol. The van der Waals surface area contributed by atoms with Gasteiger partial charge in [0.1, 0.15) is 0 Å². The highest BCUT2D eigenvalue weighted by atomic mass is 79.9. The molecule has 1 aliphatic heterocycles. The molecule has 0 radical (unpaired) electrons. The number of aryl methyl sites for hydroxylation is 1. The number of hydrogen-bond donors (Lipinski definition) is 2. The summed E-state index contributed by atoms with van der Waals surface area (Å²) in [4.78, 5) is 16.3. The van der Waals surface area contributed by atoms with Gasteiger partial charge in [-0.2, -0.15) is 0 Å². The fraction of sp³-hybridized carbons (Fsp3) is 0.208. The van der Waals surface area contributed by atoms with Crippen LogP contribution in [0.15, 0.2) is 51.4 Å². The van der Waals surface area contributed by atoms with Crippen molar-refractivity contribution in [1.29, 1.82) is 0 Å². The first-order valence-corrected chi connectivity index (χ1v) is 11.4. The van der Waals surface area contributed by atoms with Crippen LogP contribution >= 0.6 is 31.9 Å². The number of aromatic amines is 1. The quantitative estimate of drug-likeness (QED) is 0.365. The molecular formula is C24H20Br2N2O. The molecule has 1 amide bonds. The lowest BCUT2D eigenvalue weighted by molar-refractivity contribution is -0.110. The number of rotatable bonds is 2. The summed E-state index contributed by atoms with van der Waals surface area (Å²) in [5.74, 6) is 0.354. The Balaban J connectivity index is 1.59. The molecule has 5 heteroatoms. The zero-order chi connectivity index (χ0) is 20.1. The zero-order valence-electron chi connectivity index (χ0n) is 16.0. The fourth-order valence-electron chi connectivity index (χ4n) is 4.57. The Morgan fingerprint density at radius 1 is 1.10 bits per heavy atom. The second kappa shape index (κ2) is 7.29. The Morgan fingerprint density at radius 3 is 2.69 bits per heavy atom. The maximum absolute atomic E-state index is 12.8. The van der Waals surface area contributed by atoms with Crippen LogP contribution in [-0.4, -0.2) is 10.9 Å². The molecule has 2 aromatic carbocycles. The lowest BCUT2D eigenvalue weighted by atomic mass is 9.82. The summed E-state index contributed by atoms with van der Waals surface area (Å²) in [7, 11) is 0. The topological polar surface area (TPSA) is 44.9 Å². The van der Waals surface area contributed by atoms with E-state index < -0.39 is 0 Å². The molecule has 0 bridgehead atoms. The lowest BCUT2D eigenvalue weighted by Gasteiger charge is -2.22. The van der Waals surface area contributed by atoms with Crippen LogP contribution in [0.4, 0.5) is 5.69 Å². The molecule has 0 saturated heterocycles. The van der Waals surface area contributed by atoms with Crippen LogP contribution in [-0.2, 0) is 11.2 Å². The summed E-state index contributed by atoms with van der Waals surface area (Å²) >= 11 is 7.18. The van der Waals surface area contributed by atoms with E-state index in [2.05, 4.69) is 78.6 Å². The monoisotopic (exact) mass is 510 g/mol. The molecule has 3 nitrogen and oxygen atoms in total. The third kappa shape index (κ3) is 3.21. The van der Waals surface area contributed by atoms with Gasteiger partial charge in [-0.3, -0.25) is 4.79 Å². The molecule has 1 unspecified atom stereocenters. The number of fused-ring (bicyclic) bond motifs is 2. The molecule has 146 valence electrons. The average Bonchev–Trinajstić information content (AvgIpc) is 3.28. The largest absolute Gasteiger partial charge is 0.359 e. The standard InChI is InChI=1S/C24H20Br2N2O/c1-13-19(25)12-20(26)23-22(13)18(24(29)28-23)11-15-10-17-16(8-5-9-21(17)27-15)14-6-3-2-4-7-14/h2-4,6-7,10-12,16,27H,5,8-9H2,1H3,(H,28,29). The van der Waals surface area contributed by atoms with Gasteiger partial charge in [-0.05, 0) is 77.0 Å². The smallest absolute Gasteiger partial charge is 0.256 e. The predicted molar refractivity (Wildman–Crippen MR) is 125 cm³/mol. The molecule has 29 heavy (non-hydrogen) atoms. The lowest BCUT2D eigenvalue weighted by Crippen LogP contribution is -2.09. The van der Waals surface area contributed by atoms with E-state index in [0.717, 1.165) is 44.3 Å². The van der Waals surface area contributed by atoms with E-state index >= 15 is 0 Å². The van der Waals surface area contributed by atoms with Crippen LogP contribution in [0.5, 0.6) is 0 Å². The third-order valence-electron chi connectivity index (χ3n) is 5.98. The van der Waals surface area contributed by atoms with E-state index in [9.17, 15) is 4.79 Å². The summed E-state index contributed by atoms with van der Waals surface area (Å²) in [6, 6.07) is 14.9. The number of amides is 1. The Kier molecular flexibility index (Phi) is 4.75. The number of hydrogen-bond acceptors (Lipinski definition) is 1.